The molecule has 2 rings (SSSR count). The Morgan fingerprint density at radius 2 is 1.84 bits per heavy atom. The van der Waals surface area contributed by atoms with Gasteiger partial charge in [0.2, 0.25) is 0 Å². The molecule has 98 valence electrons. The number of benzene rings is 1. The SMILES string of the molecule is NCCOc1ccc(NC(=O)c2ccncc2)cc1. The first-order chi connectivity index (χ1) is 9.29. The molecule has 0 atom stereocenters. The van der Waals surface area contributed by atoms with Crippen LogP contribution >= 0.6 is 0 Å². The zero-order chi connectivity index (χ0) is 13.5. The van der Waals surface area contributed by atoms with Gasteiger partial charge >= 0.3 is 0 Å². The van der Waals surface area contributed by atoms with E-state index in [1.54, 1.807) is 48.8 Å². The molecule has 5 heteroatoms. The molecule has 19 heavy (non-hydrogen) atoms. The first kappa shape index (κ1) is 13.0. The molecule has 0 fully saturated rings. The fraction of sp³-hybridized carbons (Fsp3) is 0.143. The molecule has 0 bridgehead atoms. The number of carbonyl (C=O) groups is 1. The number of rotatable bonds is 5. The third kappa shape index (κ3) is 3.79. The second kappa shape index (κ2) is 6.51. The third-order valence-corrected chi connectivity index (χ3v) is 2.44. The number of hydrogen-bond donors (Lipinski definition) is 2. The van der Waals surface area contributed by atoms with E-state index in [9.17, 15) is 4.79 Å². The third-order valence-electron chi connectivity index (χ3n) is 2.44. The molecule has 0 unspecified atom stereocenters. The summed E-state index contributed by atoms with van der Waals surface area (Å²) in [7, 11) is 0. The van der Waals surface area contributed by atoms with E-state index in [0.717, 1.165) is 5.75 Å². The smallest absolute Gasteiger partial charge is 0.255 e. The molecule has 1 amide bonds. The average molecular weight is 257 g/mol. The number of anilines is 1. The Hall–Kier alpha value is -2.40. The van der Waals surface area contributed by atoms with Crippen molar-refractivity contribution in [2.75, 3.05) is 18.5 Å². The van der Waals surface area contributed by atoms with Crippen LogP contribution in [-0.4, -0.2) is 24.0 Å². The van der Waals surface area contributed by atoms with Crippen LogP contribution < -0.4 is 15.8 Å². The van der Waals surface area contributed by atoms with Crippen LogP contribution in [0, 0.1) is 0 Å². The number of nitrogens with one attached hydrogen (secondary N) is 1. The molecule has 0 aliphatic carbocycles. The summed E-state index contributed by atoms with van der Waals surface area (Å²) in [4.78, 5) is 15.8. The minimum Gasteiger partial charge on any atom is -0.492 e. The Kier molecular flexibility index (Phi) is 4.47. The van der Waals surface area contributed by atoms with Crippen LogP contribution in [0.5, 0.6) is 5.75 Å². The summed E-state index contributed by atoms with van der Waals surface area (Å²) in [6.45, 7) is 0.948. The molecule has 0 saturated heterocycles. The highest BCUT2D eigenvalue weighted by Crippen LogP contribution is 2.16. The number of ether oxygens (including phenoxy) is 1. The van der Waals surface area contributed by atoms with Crippen molar-refractivity contribution in [2.45, 2.75) is 0 Å². The van der Waals surface area contributed by atoms with Gasteiger partial charge in [-0.25, -0.2) is 0 Å². The van der Waals surface area contributed by atoms with Crippen molar-refractivity contribution in [1.29, 1.82) is 0 Å². The van der Waals surface area contributed by atoms with Gasteiger partial charge in [0.15, 0.2) is 0 Å². The molecule has 2 aromatic rings. The first-order valence-corrected chi connectivity index (χ1v) is 5.94. The standard InChI is InChI=1S/C14H15N3O2/c15-7-10-19-13-3-1-12(2-4-13)17-14(18)11-5-8-16-9-6-11/h1-6,8-9H,7,10,15H2,(H,17,18). The van der Waals surface area contributed by atoms with Crippen LogP contribution in [0.2, 0.25) is 0 Å². The maximum atomic E-state index is 11.9. The number of carbonyl (C=O) groups excluding carboxylic acids is 1. The van der Waals surface area contributed by atoms with Crippen molar-refractivity contribution in [3.63, 3.8) is 0 Å². The highest BCUT2D eigenvalue weighted by molar-refractivity contribution is 6.04. The summed E-state index contributed by atoms with van der Waals surface area (Å²) in [6, 6.07) is 10.5. The minimum atomic E-state index is -0.168. The fourth-order valence-corrected chi connectivity index (χ4v) is 1.52. The normalized spacial score (nSPS) is 9.95. The average Bonchev–Trinajstić information content (AvgIpc) is 2.47. The van der Waals surface area contributed by atoms with Gasteiger partial charge in [0.25, 0.3) is 5.91 Å². The summed E-state index contributed by atoms with van der Waals surface area (Å²) in [5, 5.41) is 2.79. The van der Waals surface area contributed by atoms with E-state index in [4.69, 9.17) is 10.5 Å². The van der Waals surface area contributed by atoms with Gasteiger partial charge in [-0.3, -0.25) is 9.78 Å². The van der Waals surface area contributed by atoms with Crippen molar-refractivity contribution >= 4 is 11.6 Å². The summed E-state index contributed by atoms with van der Waals surface area (Å²) >= 11 is 0. The van der Waals surface area contributed by atoms with Crippen molar-refractivity contribution in [2.24, 2.45) is 5.73 Å². The van der Waals surface area contributed by atoms with Crippen LogP contribution in [-0.2, 0) is 0 Å². The number of nitrogens with two attached hydrogens (primary N) is 1. The number of amides is 1. The van der Waals surface area contributed by atoms with E-state index in [2.05, 4.69) is 10.3 Å². The van der Waals surface area contributed by atoms with Crippen molar-refractivity contribution in [3.05, 3.63) is 54.4 Å². The molecular weight excluding hydrogens is 242 g/mol. The van der Waals surface area contributed by atoms with Gasteiger partial charge in [0.1, 0.15) is 12.4 Å². The van der Waals surface area contributed by atoms with E-state index in [-0.39, 0.29) is 5.91 Å². The molecule has 5 nitrogen and oxygen atoms in total. The fourth-order valence-electron chi connectivity index (χ4n) is 1.52. The van der Waals surface area contributed by atoms with Crippen LogP contribution in [0.25, 0.3) is 0 Å². The maximum absolute atomic E-state index is 11.9. The molecule has 1 aromatic heterocycles. The van der Waals surface area contributed by atoms with Gasteiger partial charge in [-0.05, 0) is 36.4 Å². The van der Waals surface area contributed by atoms with Crippen molar-refractivity contribution < 1.29 is 9.53 Å². The van der Waals surface area contributed by atoms with Gasteiger partial charge in [0.05, 0.1) is 0 Å². The lowest BCUT2D eigenvalue weighted by atomic mass is 10.2. The Morgan fingerprint density at radius 3 is 2.47 bits per heavy atom. The van der Waals surface area contributed by atoms with Gasteiger partial charge in [0, 0.05) is 30.2 Å². The van der Waals surface area contributed by atoms with Crippen LogP contribution in [0.15, 0.2) is 48.8 Å². The Morgan fingerprint density at radius 1 is 1.16 bits per heavy atom. The van der Waals surface area contributed by atoms with E-state index in [1.165, 1.54) is 0 Å². The maximum Gasteiger partial charge on any atom is 0.255 e. The predicted octanol–water partition coefficient (Wildman–Crippen LogP) is 1.67. The Labute approximate surface area is 111 Å². The Bertz CT molecular complexity index is 526. The monoisotopic (exact) mass is 257 g/mol. The number of pyridine rings is 1. The summed E-state index contributed by atoms with van der Waals surface area (Å²) in [5.41, 5.74) is 6.63. The summed E-state index contributed by atoms with van der Waals surface area (Å²) in [5.74, 6) is 0.561. The van der Waals surface area contributed by atoms with Gasteiger partial charge in [-0.1, -0.05) is 0 Å². The zero-order valence-electron chi connectivity index (χ0n) is 10.4. The minimum absolute atomic E-state index is 0.168. The zero-order valence-corrected chi connectivity index (χ0v) is 10.4. The molecule has 0 radical (unpaired) electrons. The predicted molar refractivity (Wildman–Crippen MR) is 73.2 cm³/mol. The highest BCUT2D eigenvalue weighted by Gasteiger charge is 2.05. The van der Waals surface area contributed by atoms with E-state index < -0.39 is 0 Å². The molecule has 0 spiro atoms. The number of hydrogen-bond acceptors (Lipinski definition) is 4. The highest BCUT2D eigenvalue weighted by atomic mass is 16.5. The van der Waals surface area contributed by atoms with E-state index in [1.807, 2.05) is 0 Å². The largest absolute Gasteiger partial charge is 0.492 e. The van der Waals surface area contributed by atoms with Gasteiger partial charge in [-0.15, -0.1) is 0 Å². The number of nitrogens with zero attached hydrogens (tertiary/aromatic N) is 1. The van der Waals surface area contributed by atoms with Gasteiger partial charge in [-0.2, -0.15) is 0 Å². The van der Waals surface area contributed by atoms with Crippen LogP contribution in [0.4, 0.5) is 5.69 Å². The second-order valence-corrected chi connectivity index (χ2v) is 3.85. The summed E-state index contributed by atoms with van der Waals surface area (Å²) in [6.07, 6.45) is 3.16. The quantitative estimate of drug-likeness (QED) is 0.854. The molecule has 0 saturated carbocycles. The Balaban J connectivity index is 1.98. The van der Waals surface area contributed by atoms with Gasteiger partial charge < -0.3 is 15.8 Å². The lowest BCUT2D eigenvalue weighted by Crippen LogP contribution is -2.12. The molecular formula is C14H15N3O2. The topological polar surface area (TPSA) is 77.2 Å². The lowest BCUT2D eigenvalue weighted by molar-refractivity contribution is 0.102. The first-order valence-electron chi connectivity index (χ1n) is 5.94. The molecule has 0 aliphatic heterocycles. The number of aromatic nitrogens is 1. The van der Waals surface area contributed by atoms with Crippen LogP contribution in [0.1, 0.15) is 10.4 Å². The molecule has 3 N–H and O–H groups in total. The molecule has 1 aromatic carbocycles. The molecule has 0 aliphatic rings. The van der Waals surface area contributed by atoms with Crippen molar-refractivity contribution in [1.82, 2.24) is 4.98 Å². The lowest BCUT2D eigenvalue weighted by Gasteiger charge is -2.07. The van der Waals surface area contributed by atoms with E-state index in [0.29, 0.717) is 24.4 Å². The molecule has 1 heterocycles. The van der Waals surface area contributed by atoms with Crippen molar-refractivity contribution in [3.8, 4) is 5.75 Å². The second-order valence-electron chi connectivity index (χ2n) is 3.85. The van der Waals surface area contributed by atoms with E-state index >= 15 is 0 Å². The van der Waals surface area contributed by atoms with Crippen LogP contribution in [0.3, 0.4) is 0 Å². The summed E-state index contributed by atoms with van der Waals surface area (Å²) < 4.78 is 5.35.